The Balaban J connectivity index is 1.99. The molecule has 0 bridgehead atoms. The summed E-state index contributed by atoms with van der Waals surface area (Å²) in [6, 6.07) is 11.8. The number of hydrogen-bond donors (Lipinski definition) is 0. The summed E-state index contributed by atoms with van der Waals surface area (Å²) in [6.07, 6.45) is 4.78. The number of carbonyl (C=O) groups is 1. The van der Waals surface area contributed by atoms with Gasteiger partial charge in [0.2, 0.25) is 0 Å². The molecule has 2 aromatic rings. The predicted molar refractivity (Wildman–Crippen MR) is 92.5 cm³/mol. The van der Waals surface area contributed by atoms with Crippen molar-refractivity contribution in [1.82, 2.24) is 9.88 Å². The van der Waals surface area contributed by atoms with Crippen molar-refractivity contribution < 1.29 is 4.79 Å². The molecule has 0 unspecified atom stereocenters. The van der Waals surface area contributed by atoms with Gasteiger partial charge in [-0.1, -0.05) is 35.9 Å². The van der Waals surface area contributed by atoms with Crippen LogP contribution in [0.2, 0.25) is 5.02 Å². The molecule has 1 aromatic carbocycles. The van der Waals surface area contributed by atoms with Crippen LogP contribution < -0.4 is 0 Å². The molecule has 114 valence electrons. The number of rotatable bonds is 7. The van der Waals surface area contributed by atoms with Crippen LogP contribution >= 0.6 is 23.4 Å². The Kier molecular flexibility index (Phi) is 6.49. The van der Waals surface area contributed by atoms with Crippen molar-refractivity contribution in [3.05, 3.63) is 72.0 Å². The fourth-order valence-corrected chi connectivity index (χ4v) is 3.04. The van der Waals surface area contributed by atoms with E-state index in [4.69, 9.17) is 11.6 Å². The molecule has 3 nitrogen and oxygen atoms in total. The Labute approximate surface area is 140 Å². The number of hydrogen-bond acceptors (Lipinski definition) is 3. The molecule has 5 heteroatoms. The second-order valence-electron chi connectivity index (χ2n) is 4.56. The van der Waals surface area contributed by atoms with E-state index in [1.54, 1.807) is 35.0 Å². The van der Waals surface area contributed by atoms with Crippen molar-refractivity contribution in [2.24, 2.45) is 0 Å². The third kappa shape index (κ3) is 4.61. The van der Waals surface area contributed by atoms with Crippen LogP contribution in [0.1, 0.15) is 10.4 Å². The largest absolute Gasteiger partial charge is 0.334 e. The van der Waals surface area contributed by atoms with E-state index in [0.29, 0.717) is 23.7 Å². The second-order valence-corrected chi connectivity index (χ2v) is 6.13. The Bertz CT molecular complexity index is 634. The van der Waals surface area contributed by atoms with Gasteiger partial charge in [0.1, 0.15) is 0 Å². The van der Waals surface area contributed by atoms with Gasteiger partial charge in [-0.25, -0.2) is 0 Å². The third-order valence-corrected chi connectivity index (χ3v) is 4.31. The molecule has 0 fully saturated rings. The zero-order valence-corrected chi connectivity index (χ0v) is 13.7. The fourth-order valence-electron chi connectivity index (χ4n) is 1.94. The summed E-state index contributed by atoms with van der Waals surface area (Å²) in [5.41, 5.74) is 0.475. The first-order valence-corrected chi connectivity index (χ1v) is 8.26. The van der Waals surface area contributed by atoms with Gasteiger partial charge >= 0.3 is 0 Å². The van der Waals surface area contributed by atoms with E-state index in [-0.39, 0.29) is 5.91 Å². The van der Waals surface area contributed by atoms with Crippen molar-refractivity contribution in [2.45, 2.75) is 4.90 Å². The van der Waals surface area contributed by atoms with Crippen molar-refractivity contribution in [2.75, 3.05) is 18.8 Å². The first-order chi connectivity index (χ1) is 10.7. The molecule has 1 amide bonds. The lowest BCUT2D eigenvalue weighted by molar-refractivity contribution is 0.0783. The minimum absolute atomic E-state index is 0.0963. The minimum atomic E-state index is -0.0963. The van der Waals surface area contributed by atoms with Crippen molar-refractivity contribution in [3.8, 4) is 0 Å². The number of aromatic nitrogens is 1. The van der Waals surface area contributed by atoms with E-state index in [0.717, 1.165) is 5.75 Å². The van der Waals surface area contributed by atoms with Crippen molar-refractivity contribution in [1.29, 1.82) is 0 Å². The van der Waals surface area contributed by atoms with Crippen molar-refractivity contribution >= 4 is 29.3 Å². The van der Waals surface area contributed by atoms with Gasteiger partial charge < -0.3 is 4.90 Å². The quantitative estimate of drug-likeness (QED) is 0.564. The topological polar surface area (TPSA) is 33.2 Å². The molecule has 22 heavy (non-hydrogen) atoms. The Morgan fingerprint density at radius 1 is 1.32 bits per heavy atom. The van der Waals surface area contributed by atoms with Crippen LogP contribution in [-0.4, -0.2) is 34.6 Å². The first kappa shape index (κ1) is 16.6. The van der Waals surface area contributed by atoms with Crippen LogP contribution in [0.3, 0.4) is 0 Å². The summed E-state index contributed by atoms with van der Waals surface area (Å²) in [5, 5.41) is 0.372. The maximum atomic E-state index is 12.6. The van der Waals surface area contributed by atoms with Gasteiger partial charge in [0.05, 0.1) is 10.6 Å². The van der Waals surface area contributed by atoms with Gasteiger partial charge in [0, 0.05) is 36.1 Å². The van der Waals surface area contributed by atoms with E-state index in [2.05, 4.69) is 23.7 Å². The average Bonchev–Trinajstić information content (AvgIpc) is 2.55. The summed E-state index contributed by atoms with van der Waals surface area (Å²) in [7, 11) is 0. The number of halogens is 1. The number of benzene rings is 1. The highest BCUT2D eigenvalue weighted by molar-refractivity contribution is 7.99. The lowest BCUT2D eigenvalue weighted by Gasteiger charge is -2.21. The molecule has 0 aliphatic rings. The van der Waals surface area contributed by atoms with Gasteiger partial charge in [0.25, 0.3) is 5.91 Å². The lowest BCUT2D eigenvalue weighted by Crippen LogP contribution is -2.33. The van der Waals surface area contributed by atoms with Crippen LogP contribution in [0.15, 0.2) is 66.3 Å². The lowest BCUT2D eigenvalue weighted by atomic mass is 10.2. The summed E-state index contributed by atoms with van der Waals surface area (Å²) < 4.78 is 0. The van der Waals surface area contributed by atoms with E-state index in [9.17, 15) is 4.79 Å². The standard InChI is InChI=1S/C17H17ClN2OS/c1-2-10-20(11-12-22-14-6-4-3-5-7-14)17(21)15-8-9-19-13-16(15)18/h2-9,13H,1,10-12H2. The van der Waals surface area contributed by atoms with Crippen LogP contribution in [0.25, 0.3) is 0 Å². The van der Waals surface area contributed by atoms with E-state index >= 15 is 0 Å². The summed E-state index contributed by atoms with van der Waals surface area (Å²) >= 11 is 7.77. The molecule has 2 rings (SSSR count). The van der Waals surface area contributed by atoms with Crippen molar-refractivity contribution in [3.63, 3.8) is 0 Å². The summed E-state index contributed by atoms with van der Waals surface area (Å²) in [5.74, 6) is 0.715. The summed E-state index contributed by atoms with van der Waals surface area (Å²) in [6.45, 7) is 4.84. The molecule has 0 saturated carbocycles. The Morgan fingerprint density at radius 2 is 2.09 bits per heavy atom. The molecular formula is C17H17ClN2OS. The number of thioether (sulfide) groups is 1. The van der Waals surface area contributed by atoms with Gasteiger partial charge in [-0.05, 0) is 18.2 Å². The van der Waals surface area contributed by atoms with Crippen LogP contribution in [0.5, 0.6) is 0 Å². The fraction of sp³-hybridized carbons (Fsp3) is 0.176. The van der Waals surface area contributed by atoms with Gasteiger partial charge in [-0.3, -0.25) is 9.78 Å². The molecule has 0 N–H and O–H groups in total. The second kappa shape index (κ2) is 8.61. The average molecular weight is 333 g/mol. The normalized spacial score (nSPS) is 10.2. The monoisotopic (exact) mass is 332 g/mol. The van der Waals surface area contributed by atoms with Crippen LogP contribution in [0, 0.1) is 0 Å². The maximum Gasteiger partial charge on any atom is 0.255 e. The summed E-state index contributed by atoms with van der Waals surface area (Å²) in [4.78, 5) is 19.4. The van der Waals surface area contributed by atoms with Gasteiger partial charge in [-0.15, -0.1) is 18.3 Å². The van der Waals surface area contributed by atoms with E-state index in [1.165, 1.54) is 11.1 Å². The highest BCUT2D eigenvalue weighted by Gasteiger charge is 2.17. The molecule has 0 aliphatic heterocycles. The number of pyridine rings is 1. The van der Waals surface area contributed by atoms with Crippen LogP contribution in [0.4, 0.5) is 0 Å². The molecule has 0 saturated heterocycles. The zero-order valence-electron chi connectivity index (χ0n) is 12.1. The molecule has 0 radical (unpaired) electrons. The zero-order chi connectivity index (χ0) is 15.8. The van der Waals surface area contributed by atoms with Gasteiger partial charge in [-0.2, -0.15) is 0 Å². The molecule has 0 spiro atoms. The molecule has 1 aromatic heterocycles. The number of nitrogens with zero attached hydrogens (tertiary/aromatic N) is 2. The van der Waals surface area contributed by atoms with E-state index < -0.39 is 0 Å². The van der Waals surface area contributed by atoms with Crippen LogP contribution in [-0.2, 0) is 0 Å². The predicted octanol–water partition coefficient (Wildman–Crippen LogP) is 4.16. The SMILES string of the molecule is C=CCN(CCSc1ccccc1)C(=O)c1ccncc1Cl. The molecular weight excluding hydrogens is 316 g/mol. The maximum absolute atomic E-state index is 12.6. The van der Waals surface area contributed by atoms with E-state index in [1.807, 2.05) is 18.2 Å². The molecule has 1 heterocycles. The minimum Gasteiger partial charge on any atom is -0.334 e. The first-order valence-electron chi connectivity index (χ1n) is 6.90. The molecule has 0 aliphatic carbocycles. The number of carbonyl (C=O) groups excluding carboxylic acids is 1. The number of amides is 1. The Hall–Kier alpha value is -1.78. The Morgan fingerprint density at radius 3 is 2.77 bits per heavy atom. The van der Waals surface area contributed by atoms with Gasteiger partial charge in [0.15, 0.2) is 0 Å². The third-order valence-electron chi connectivity index (χ3n) is 3.01. The highest BCUT2D eigenvalue weighted by Crippen LogP contribution is 2.19. The molecule has 0 atom stereocenters. The smallest absolute Gasteiger partial charge is 0.255 e. The highest BCUT2D eigenvalue weighted by atomic mass is 35.5.